The van der Waals surface area contributed by atoms with Gasteiger partial charge in [0.15, 0.2) is 11.4 Å². The molecule has 0 radical (unpaired) electrons. The van der Waals surface area contributed by atoms with Crippen LogP contribution in [0, 0.1) is 38.9 Å². The summed E-state index contributed by atoms with van der Waals surface area (Å²) in [6.07, 6.45) is 6.78. The molecule has 6 nitrogen and oxygen atoms in total. The van der Waals surface area contributed by atoms with E-state index < -0.39 is 32.9 Å². The molecule has 0 aromatic carbocycles. The van der Waals surface area contributed by atoms with Crippen molar-refractivity contribution in [3.8, 4) is 0 Å². The van der Waals surface area contributed by atoms with Gasteiger partial charge in [-0.05, 0) is 88.5 Å². The zero-order chi connectivity index (χ0) is 26.0. The fourth-order valence-electron chi connectivity index (χ4n) is 9.49. The molecule has 0 amide bonds. The molecule has 4 fully saturated rings. The Morgan fingerprint density at radius 2 is 1.63 bits per heavy atom. The minimum atomic E-state index is -1.83. The summed E-state index contributed by atoms with van der Waals surface area (Å²) < 4.78 is 11.4. The van der Waals surface area contributed by atoms with Gasteiger partial charge in [-0.2, -0.15) is 0 Å². The SMILES string of the molecule is COC(=O)[C@]12CCC(C)(C)C[C@H]1C1=CC(=O)[C@]3(O)[C@@](C)(CC[C@H]4C(C)(C)C(=O)O[C@@]43C)[C@]1(C)CC2. The van der Waals surface area contributed by atoms with Gasteiger partial charge in [0.1, 0.15) is 5.60 Å². The molecule has 0 spiro atoms. The minimum Gasteiger partial charge on any atom is -0.469 e. The van der Waals surface area contributed by atoms with Crippen LogP contribution in [-0.4, -0.2) is 41.1 Å². The second-order valence-corrected chi connectivity index (χ2v) is 14.2. The number of hydrogen-bond donors (Lipinski definition) is 1. The summed E-state index contributed by atoms with van der Waals surface area (Å²) in [5.74, 6) is -1.28. The van der Waals surface area contributed by atoms with Gasteiger partial charge in [0.05, 0.1) is 17.9 Å². The monoisotopic (exact) mass is 486 g/mol. The number of aliphatic hydroxyl groups is 1. The molecule has 1 heterocycles. The third-order valence-corrected chi connectivity index (χ3v) is 12.0. The average molecular weight is 487 g/mol. The van der Waals surface area contributed by atoms with Gasteiger partial charge < -0.3 is 14.6 Å². The zero-order valence-electron chi connectivity index (χ0n) is 22.7. The van der Waals surface area contributed by atoms with Crippen molar-refractivity contribution < 1.29 is 29.0 Å². The normalized spacial score (nSPS) is 49.6. The number of carbonyl (C=O) groups is 3. The van der Waals surface area contributed by atoms with E-state index in [4.69, 9.17) is 9.47 Å². The van der Waals surface area contributed by atoms with Crippen LogP contribution in [0.4, 0.5) is 0 Å². The van der Waals surface area contributed by atoms with Crippen molar-refractivity contribution in [2.75, 3.05) is 7.11 Å². The largest absolute Gasteiger partial charge is 0.469 e. The Hall–Kier alpha value is -1.69. The number of ether oxygens (including phenoxy) is 2. The first-order valence-corrected chi connectivity index (χ1v) is 13.3. The number of hydrogen-bond acceptors (Lipinski definition) is 6. The Morgan fingerprint density at radius 1 is 1.00 bits per heavy atom. The Kier molecular flexibility index (Phi) is 4.84. The second-order valence-electron chi connectivity index (χ2n) is 14.2. The summed E-state index contributed by atoms with van der Waals surface area (Å²) in [5, 5.41) is 12.6. The molecule has 4 aliphatic carbocycles. The molecule has 0 aromatic heterocycles. The van der Waals surface area contributed by atoms with Crippen molar-refractivity contribution in [3.63, 3.8) is 0 Å². The predicted octanol–water partition coefficient (Wildman–Crippen LogP) is 4.77. The number of carbonyl (C=O) groups excluding carboxylic acids is 3. The molecule has 3 saturated carbocycles. The van der Waals surface area contributed by atoms with E-state index in [9.17, 15) is 19.5 Å². The van der Waals surface area contributed by atoms with Gasteiger partial charge >= 0.3 is 11.9 Å². The molecule has 1 saturated heterocycles. The van der Waals surface area contributed by atoms with Crippen molar-refractivity contribution in [1.82, 2.24) is 0 Å². The van der Waals surface area contributed by atoms with Crippen LogP contribution in [0.1, 0.15) is 93.4 Å². The molecule has 0 aromatic rings. The molecule has 6 heteroatoms. The number of allylic oxidation sites excluding steroid dienone is 1. The summed E-state index contributed by atoms with van der Waals surface area (Å²) in [6.45, 7) is 14.2. The maximum Gasteiger partial charge on any atom is 0.312 e. The lowest BCUT2D eigenvalue weighted by Gasteiger charge is -2.69. The number of rotatable bonds is 1. The number of ketones is 1. The fraction of sp³-hybridized carbons (Fsp3) is 0.828. The lowest BCUT2D eigenvalue weighted by atomic mass is 9.35. The van der Waals surface area contributed by atoms with Gasteiger partial charge in [0.2, 0.25) is 0 Å². The van der Waals surface area contributed by atoms with Gasteiger partial charge in [0, 0.05) is 11.3 Å². The van der Waals surface area contributed by atoms with Crippen molar-refractivity contribution in [2.24, 2.45) is 38.9 Å². The highest BCUT2D eigenvalue weighted by Gasteiger charge is 2.80. The van der Waals surface area contributed by atoms with Crippen molar-refractivity contribution in [3.05, 3.63) is 11.6 Å². The second kappa shape index (κ2) is 6.79. The van der Waals surface area contributed by atoms with E-state index in [2.05, 4.69) is 20.8 Å². The Morgan fingerprint density at radius 3 is 2.26 bits per heavy atom. The minimum absolute atomic E-state index is 0.0353. The maximum absolute atomic E-state index is 14.2. The molecule has 7 atom stereocenters. The van der Waals surface area contributed by atoms with Crippen LogP contribution in [0.15, 0.2) is 11.6 Å². The smallest absolute Gasteiger partial charge is 0.312 e. The molecule has 0 unspecified atom stereocenters. The third kappa shape index (κ3) is 2.58. The molecule has 1 N–H and O–H groups in total. The standard InChI is InChI=1S/C29H42O6/c1-23(2)11-13-28(22(32)34-8)14-12-25(5)17(18(28)16-23)15-20(30)29(33)26(25,6)10-9-19-24(3,4)21(31)35-27(19,29)7/h15,18-19,33H,9-14,16H2,1-8H3/t18-,19-,25+,26-,27-,28-,29-/m0/s1. The Balaban J connectivity index is 1.71. The van der Waals surface area contributed by atoms with E-state index in [1.807, 2.05) is 20.8 Å². The molecular formula is C29H42O6. The lowest BCUT2D eigenvalue weighted by Crippen LogP contribution is -2.77. The van der Waals surface area contributed by atoms with Crippen LogP contribution in [0.2, 0.25) is 0 Å². The van der Waals surface area contributed by atoms with Gasteiger partial charge in [0.25, 0.3) is 0 Å². The molecule has 0 bridgehead atoms. The first-order chi connectivity index (χ1) is 16.0. The van der Waals surface area contributed by atoms with Crippen LogP contribution in [0.3, 0.4) is 0 Å². The average Bonchev–Trinajstić information content (AvgIpc) is 2.96. The predicted molar refractivity (Wildman–Crippen MR) is 130 cm³/mol. The van der Waals surface area contributed by atoms with Crippen molar-refractivity contribution in [1.29, 1.82) is 0 Å². The first kappa shape index (κ1) is 25.0. The van der Waals surface area contributed by atoms with E-state index in [1.165, 1.54) is 7.11 Å². The molecule has 5 aliphatic rings. The Bertz CT molecular complexity index is 1060. The summed E-state index contributed by atoms with van der Waals surface area (Å²) in [7, 11) is 1.46. The van der Waals surface area contributed by atoms with Crippen LogP contribution in [-0.2, 0) is 23.9 Å². The molecule has 35 heavy (non-hydrogen) atoms. The number of esters is 2. The van der Waals surface area contributed by atoms with Crippen LogP contribution >= 0.6 is 0 Å². The topological polar surface area (TPSA) is 89.9 Å². The maximum atomic E-state index is 14.2. The Labute approximate surface area is 209 Å². The molecule has 194 valence electrons. The quantitative estimate of drug-likeness (QED) is 0.537. The van der Waals surface area contributed by atoms with E-state index in [1.54, 1.807) is 13.0 Å². The summed E-state index contributed by atoms with van der Waals surface area (Å²) in [6, 6.07) is 0. The summed E-state index contributed by atoms with van der Waals surface area (Å²) >= 11 is 0. The highest BCUT2D eigenvalue weighted by atomic mass is 16.6. The van der Waals surface area contributed by atoms with Crippen molar-refractivity contribution >= 4 is 17.7 Å². The first-order valence-electron chi connectivity index (χ1n) is 13.3. The van der Waals surface area contributed by atoms with E-state index >= 15 is 0 Å². The molecular weight excluding hydrogens is 444 g/mol. The van der Waals surface area contributed by atoms with E-state index in [-0.39, 0.29) is 35.0 Å². The van der Waals surface area contributed by atoms with Gasteiger partial charge in [-0.25, -0.2) is 0 Å². The van der Waals surface area contributed by atoms with E-state index in [0.717, 1.165) is 24.8 Å². The van der Waals surface area contributed by atoms with E-state index in [0.29, 0.717) is 25.7 Å². The molecule has 5 rings (SSSR count). The summed E-state index contributed by atoms with van der Waals surface area (Å²) in [4.78, 5) is 40.4. The lowest BCUT2D eigenvalue weighted by molar-refractivity contribution is -0.263. The van der Waals surface area contributed by atoms with Gasteiger partial charge in [-0.15, -0.1) is 0 Å². The summed E-state index contributed by atoms with van der Waals surface area (Å²) in [5.41, 5.74) is -4.86. The van der Waals surface area contributed by atoms with Crippen LogP contribution in [0.25, 0.3) is 0 Å². The number of methoxy groups -OCH3 is 1. The van der Waals surface area contributed by atoms with Crippen molar-refractivity contribution in [2.45, 2.75) is 105 Å². The van der Waals surface area contributed by atoms with Crippen LogP contribution in [0.5, 0.6) is 0 Å². The molecule has 1 aliphatic heterocycles. The highest BCUT2D eigenvalue weighted by molar-refractivity contribution is 6.02. The number of fused-ring (bicyclic) bond motifs is 7. The van der Waals surface area contributed by atoms with Gasteiger partial charge in [-0.3, -0.25) is 14.4 Å². The highest BCUT2D eigenvalue weighted by Crippen LogP contribution is 2.74. The zero-order valence-corrected chi connectivity index (χ0v) is 22.7. The van der Waals surface area contributed by atoms with Crippen LogP contribution < -0.4 is 0 Å². The van der Waals surface area contributed by atoms with Gasteiger partial charge in [-0.1, -0.05) is 33.3 Å². The third-order valence-electron chi connectivity index (χ3n) is 12.0. The fourth-order valence-corrected chi connectivity index (χ4v) is 9.49.